The molecule has 6 heteroatoms. The second kappa shape index (κ2) is 15.1. The number of fused-ring (bicyclic) bond motifs is 6. The van der Waals surface area contributed by atoms with Gasteiger partial charge < -0.3 is 13.9 Å². The highest BCUT2D eigenvalue weighted by Crippen LogP contribution is 2.41. The Hall–Kier alpha value is -8.61. The number of anilines is 3. The van der Waals surface area contributed by atoms with Gasteiger partial charge in [0.2, 0.25) is 0 Å². The van der Waals surface area contributed by atoms with Crippen molar-refractivity contribution in [3.63, 3.8) is 0 Å². The van der Waals surface area contributed by atoms with Crippen molar-refractivity contribution in [1.29, 1.82) is 0 Å². The van der Waals surface area contributed by atoms with Crippen LogP contribution in [0, 0.1) is 0 Å². The van der Waals surface area contributed by atoms with E-state index in [0.717, 1.165) is 72.5 Å². The van der Waals surface area contributed by atoms with Crippen LogP contribution in [0.3, 0.4) is 0 Å². The van der Waals surface area contributed by atoms with Crippen LogP contribution in [-0.4, -0.2) is 19.5 Å². The number of furan rings is 1. The standard InChI is InChI=1S/C57H37N5O/c1-4-15-39(16-5-1)55-58-56(40-17-6-2-7-18-40)60-57(59-55)41-29-36-49-50-24-14-23-46(54(50)63-53(49)37-41)38-27-30-43(31-28-38)61(42-19-8-3-9-20-42)44-32-34-45(35-33-44)62-51-25-12-10-21-47(51)48-22-11-13-26-52(48)62/h1-37H. The predicted molar refractivity (Wildman–Crippen MR) is 258 cm³/mol. The lowest BCUT2D eigenvalue weighted by molar-refractivity contribution is 0.670. The topological polar surface area (TPSA) is 60.0 Å². The van der Waals surface area contributed by atoms with E-state index in [9.17, 15) is 0 Å². The van der Waals surface area contributed by atoms with Gasteiger partial charge in [0.05, 0.1) is 11.0 Å². The molecule has 0 spiro atoms. The normalized spacial score (nSPS) is 11.5. The summed E-state index contributed by atoms with van der Waals surface area (Å²) >= 11 is 0. The number of benzene rings is 9. The number of hydrogen-bond donors (Lipinski definition) is 0. The molecular formula is C57H37N5O. The first-order valence-electron chi connectivity index (χ1n) is 21.1. The minimum absolute atomic E-state index is 0.588. The molecule has 63 heavy (non-hydrogen) atoms. The molecule has 3 aromatic heterocycles. The fourth-order valence-electron chi connectivity index (χ4n) is 8.87. The van der Waals surface area contributed by atoms with Crippen LogP contribution < -0.4 is 4.90 Å². The number of hydrogen-bond acceptors (Lipinski definition) is 5. The molecule has 0 aliphatic carbocycles. The molecule has 0 atom stereocenters. The molecule has 0 bridgehead atoms. The van der Waals surface area contributed by atoms with Gasteiger partial charge in [-0.2, -0.15) is 0 Å². The average molecular weight is 808 g/mol. The van der Waals surface area contributed by atoms with E-state index in [1.54, 1.807) is 0 Å². The maximum absolute atomic E-state index is 6.76. The van der Waals surface area contributed by atoms with Gasteiger partial charge in [0, 0.05) is 66.5 Å². The Morgan fingerprint density at radius 3 is 1.43 bits per heavy atom. The number of rotatable bonds is 8. The first-order valence-corrected chi connectivity index (χ1v) is 21.1. The molecule has 0 amide bonds. The maximum atomic E-state index is 6.76. The largest absolute Gasteiger partial charge is 0.455 e. The molecule has 0 aliphatic rings. The molecule has 9 aromatic carbocycles. The third-order valence-corrected chi connectivity index (χ3v) is 11.9. The van der Waals surface area contributed by atoms with Crippen LogP contribution in [0.4, 0.5) is 17.1 Å². The maximum Gasteiger partial charge on any atom is 0.164 e. The van der Waals surface area contributed by atoms with Gasteiger partial charge in [0.15, 0.2) is 17.5 Å². The van der Waals surface area contributed by atoms with Crippen molar-refractivity contribution in [3.05, 3.63) is 224 Å². The van der Waals surface area contributed by atoms with Gasteiger partial charge in [0.1, 0.15) is 11.2 Å². The van der Waals surface area contributed by atoms with Crippen molar-refractivity contribution >= 4 is 60.8 Å². The fraction of sp³-hybridized carbons (Fsp3) is 0. The Labute approximate surface area is 363 Å². The average Bonchev–Trinajstić information content (AvgIpc) is 3.91. The zero-order valence-electron chi connectivity index (χ0n) is 34.0. The van der Waals surface area contributed by atoms with Gasteiger partial charge in [-0.05, 0) is 78.4 Å². The molecule has 0 unspecified atom stereocenters. The van der Waals surface area contributed by atoms with Crippen LogP contribution in [0.15, 0.2) is 229 Å². The summed E-state index contributed by atoms with van der Waals surface area (Å²) in [5.41, 5.74) is 13.1. The van der Waals surface area contributed by atoms with Gasteiger partial charge in [-0.1, -0.05) is 152 Å². The summed E-state index contributed by atoms with van der Waals surface area (Å²) in [6, 6.07) is 78.1. The summed E-state index contributed by atoms with van der Waals surface area (Å²) in [6.07, 6.45) is 0. The summed E-state index contributed by atoms with van der Waals surface area (Å²) in [4.78, 5) is 17.1. The van der Waals surface area contributed by atoms with Gasteiger partial charge in [-0.3, -0.25) is 0 Å². The van der Waals surface area contributed by atoms with Crippen molar-refractivity contribution in [2.45, 2.75) is 0 Å². The van der Waals surface area contributed by atoms with Gasteiger partial charge >= 0.3 is 0 Å². The summed E-state index contributed by atoms with van der Waals surface area (Å²) in [6.45, 7) is 0. The summed E-state index contributed by atoms with van der Waals surface area (Å²) < 4.78 is 9.11. The highest BCUT2D eigenvalue weighted by atomic mass is 16.3. The predicted octanol–water partition coefficient (Wildman–Crippen LogP) is 15.0. The Morgan fingerprint density at radius 2 is 0.825 bits per heavy atom. The zero-order chi connectivity index (χ0) is 41.7. The Kier molecular flexibility index (Phi) is 8.71. The van der Waals surface area contributed by atoms with Gasteiger partial charge in [0.25, 0.3) is 0 Å². The third kappa shape index (κ3) is 6.40. The fourth-order valence-corrected chi connectivity index (χ4v) is 8.87. The van der Waals surface area contributed by atoms with Crippen LogP contribution in [0.2, 0.25) is 0 Å². The molecule has 296 valence electrons. The minimum atomic E-state index is 0.588. The molecule has 0 saturated carbocycles. The highest BCUT2D eigenvalue weighted by molar-refractivity contribution is 6.11. The van der Waals surface area contributed by atoms with Crippen LogP contribution in [-0.2, 0) is 0 Å². The van der Waals surface area contributed by atoms with Crippen LogP contribution in [0.5, 0.6) is 0 Å². The molecule has 12 aromatic rings. The smallest absolute Gasteiger partial charge is 0.164 e. The molecule has 0 saturated heterocycles. The van der Waals surface area contributed by atoms with E-state index < -0.39 is 0 Å². The van der Waals surface area contributed by atoms with Crippen LogP contribution in [0.1, 0.15) is 0 Å². The highest BCUT2D eigenvalue weighted by Gasteiger charge is 2.19. The second-order valence-corrected chi connectivity index (χ2v) is 15.6. The first kappa shape index (κ1) is 36.3. The lowest BCUT2D eigenvalue weighted by Gasteiger charge is -2.26. The molecule has 0 fully saturated rings. The quantitative estimate of drug-likeness (QED) is 0.153. The number of para-hydroxylation sites is 4. The van der Waals surface area contributed by atoms with Crippen molar-refractivity contribution in [2.24, 2.45) is 0 Å². The molecule has 6 nitrogen and oxygen atoms in total. The van der Waals surface area contributed by atoms with E-state index in [-0.39, 0.29) is 0 Å². The lowest BCUT2D eigenvalue weighted by atomic mass is 10.0. The minimum Gasteiger partial charge on any atom is -0.455 e. The Balaban J connectivity index is 0.902. The van der Waals surface area contributed by atoms with Gasteiger partial charge in [-0.25, -0.2) is 15.0 Å². The van der Waals surface area contributed by atoms with E-state index in [0.29, 0.717) is 17.5 Å². The zero-order valence-corrected chi connectivity index (χ0v) is 34.0. The SMILES string of the molecule is c1ccc(-c2nc(-c3ccccc3)nc(-c3ccc4c(c3)oc3c(-c5ccc(N(c6ccccc6)c6ccc(-n7c8ccccc8c8ccccc87)cc6)cc5)cccc34)n2)cc1. The molecule has 0 radical (unpaired) electrons. The van der Waals surface area contributed by atoms with Crippen LogP contribution >= 0.6 is 0 Å². The van der Waals surface area contributed by atoms with E-state index in [1.807, 2.05) is 66.7 Å². The summed E-state index contributed by atoms with van der Waals surface area (Å²) in [7, 11) is 0. The van der Waals surface area contributed by atoms with Crippen molar-refractivity contribution in [3.8, 4) is 51.0 Å². The van der Waals surface area contributed by atoms with E-state index in [2.05, 4.69) is 167 Å². The number of nitrogens with zero attached hydrogens (tertiary/aromatic N) is 5. The molecular weight excluding hydrogens is 771 g/mol. The van der Waals surface area contributed by atoms with Crippen molar-refractivity contribution < 1.29 is 4.42 Å². The summed E-state index contributed by atoms with van der Waals surface area (Å²) in [5.74, 6) is 1.83. The molecule has 0 aliphatic heterocycles. The molecule has 12 rings (SSSR count). The van der Waals surface area contributed by atoms with E-state index >= 15 is 0 Å². The van der Waals surface area contributed by atoms with Crippen molar-refractivity contribution in [2.75, 3.05) is 4.90 Å². The van der Waals surface area contributed by atoms with Gasteiger partial charge in [-0.15, -0.1) is 0 Å². The monoisotopic (exact) mass is 807 g/mol. The number of aromatic nitrogens is 4. The van der Waals surface area contributed by atoms with Crippen molar-refractivity contribution in [1.82, 2.24) is 19.5 Å². The second-order valence-electron chi connectivity index (χ2n) is 15.6. The van der Waals surface area contributed by atoms with E-state index in [4.69, 9.17) is 19.4 Å². The lowest BCUT2D eigenvalue weighted by Crippen LogP contribution is -2.10. The van der Waals surface area contributed by atoms with E-state index in [1.165, 1.54) is 21.8 Å². The van der Waals surface area contributed by atoms with Crippen LogP contribution in [0.25, 0.3) is 94.7 Å². The Bertz CT molecular complexity index is 3490. The first-order chi connectivity index (χ1) is 31.2. The molecule has 3 heterocycles. The third-order valence-electron chi connectivity index (χ3n) is 11.9. The summed E-state index contributed by atoms with van der Waals surface area (Å²) in [5, 5.41) is 4.59. The Morgan fingerprint density at radius 1 is 0.349 bits per heavy atom. The molecule has 0 N–H and O–H groups in total.